The lowest BCUT2D eigenvalue weighted by Crippen LogP contribution is -2.75. The molecule has 8 N–H and O–H groups in total. The van der Waals surface area contributed by atoms with E-state index in [4.69, 9.17) is 32.1 Å². The van der Waals surface area contributed by atoms with E-state index in [-0.39, 0.29) is 78.2 Å². The molecule has 36 heteroatoms. The van der Waals surface area contributed by atoms with Gasteiger partial charge in [0.05, 0.1) is 102 Å². The molecule has 0 aliphatic carbocycles. The highest BCUT2D eigenvalue weighted by molar-refractivity contribution is 9.10. The van der Waals surface area contributed by atoms with Crippen molar-refractivity contribution in [2.45, 2.75) is 154 Å². The highest BCUT2D eigenvalue weighted by Crippen LogP contribution is 2.53. The fourth-order valence-electron chi connectivity index (χ4n) is 18.0. The number of carbonyl (C=O) groups excluding carboxylic acids is 12. The van der Waals surface area contributed by atoms with Crippen molar-refractivity contribution < 1.29 is 94.0 Å². The Balaban J connectivity index is 0.000000125. The molecule has 4 aromatic rings. The maximum absolute atomic E-state index is 14.9. The maximum Gasteiger partial charge on any atom is 0.328 e. The van der Waals surface area contributed by atoms with Gasteiger partial charge in [-0.15, -0.1) is 0 Å². The van der Waals surface area contributed by atoms with Crippen molar-refractivity contribution in [3.8, 4) is 0 Å². The van der Waals surface area contributed by atoms with Crippen LogP contribution >= 0.6 is 31.9 Å². The van der Waals surface area contributed by atoms with Gasteiger partial charge < -0.3 is 38.5 Å². The highest BCUT2D eigenvalue weighted by Gasteiger charge is 2.68. The summed E-state index contributed by atoms with van der Waals surface area (Å²) in [6.07, 6.45) is -3.05. The number of amides is 16. The first-order valence-electron chi connectivity index (χ1n) is 33.7. The molecule has 12 aliphatic heterocycles. The third kappa shape index (κ3) is 11.8. The summed E-state index contributed by atoms with van der Waals surface area (Å²) in [5, 5.41) is 17.5. The Morgan fingerprint density at radius 2 is 0.679 bits per heavy atom. The molecular weight excluding hydrogens is 1530 g/mol. The van der Waals surface area contributed by atoms with E-state index in [2.05, 4.69) is 84.1 Å². The molecular formula is C70H68Br2F4N14O16. The zero-order chi connectivity index (χ0) is 76.6. The number of benzene rings is 4. The molecule has 12 aliphatic rings. The lowest BCUT2D eigenvalue weighted by atomic mass is 9.66. The quantitative estimate of drug-likeness (QED) is 0.0612. The Kier molecular flexibility index (Phi) is 19.0. The van der Waals surface area contributed by atoms with Crippen molar-refractivity contribution in [3.05, 3.63) is 126 Å². The van der Waals surface area contributed by atoms with Gasteiger partial charge in [0.2, 0.25) is 52.9 Å². The first-order valence-corrected chi connectivity index (χ1v) is 35.3. The zero-order valence-corrected chi connectivity index (χ0v) is 60.9. The molecule has 4 spiro atoms. The smallest absolute Gasteiger partial charge is 0.328 e. The number of carbonyl (C=O) groups is 12. The molecule has 16 rings (SSSR count). The number of imide groups is 8. The largest absolute Gasteiger partial charge is 0.372 e. The molecule has 556 valence electrons. The molecule has 0 aromatic heterocycles. The minimum atomic E-state index is -1.66. The highest BCUT2D eigenvalue weighted by atomic mass is 79.9. The number of halogens is 6. The van der Waals surface area contributed by atoms with Gasteiger partial charge in [0.1, 0.15) is 23.3 Å². The van der Waals surface area contributed by atoms with Gasteiger partial charge >= 0.3 is 24.1 Å². The van der Waals surface area contributed by atoms with E-state index in [1.165, 1.54) is 30.3 Å². The number of morpholine rings is 4. The Morgan fingerprint density at radius 1 is 0.377 bits per heavy atom. The summed E-state index contributed by atoms with van der Waals surface area (Å²) in [7, 11) is 0. The van der Waals surface area contributed by atoms with E-state index in [1.807, 2.05) is 32.6 Å². The average molecular weight is 1600 g/mol. The van der Waals surface area contributed by atoms with Gasteiger partial charge in [-0.2, -0.15) is 0 Å². The standard InChI is InChI=1S/2C18H17FN4O4.2C17H17BrFN3O4/c1-8-7-23-13-5-11(19)12(20-3)4-10(13)6-18(14(23)9(2)27-8)15(24)21-17(26)22-16(18)25;1-8-7-23-13-10(4-11(20-3)5-12(13)19)6-18(14(23)9(2)27-8)15(24)21-17(26)22-16(18)25;1-7-6-22-12-4-11(19)10(18)3-9(12)5-17(13(22)8(2)26-7)14(23)20-16(25)21-15(17)24;1-7-6-22-12-9(3-10(18)4-11(12)19)5-17(13(22)8(2)26-7)14(23)20-16(25)21-15(17)24/h2*4-5,8-9,14H,6-7H2,1-2H3,(H2,21,22,24,25,26);2*3-4,7-8,13H,5-6H2,1-2H3,(H2,20,21,23,24,25)/t2*8-,9+,14-;2*7-,8+,13-/m1111/s1. The third-order valence-electron chi connectivity index (χ3n) is 21.6. The van der Waals surface area contributed by atoms with E-state index < -0.39 is 165 Å². The van der Waals surface area contributed by atoms with Crippen molar-refractivity contribution in [2.24, 2.45) is 21.7 Å². The lowest BCUT2D eigenvalue weighted by molar-refractivity contribution is -0.154. The second kappa shape index (κ2) is 27.1. The summed E-state index contributed by atoms with van der Waals surface area (Å²) in [5.74, 6) is -7.66. The molecule has 106 heavy (non-hydrogen) atoms. The molecule has 0 saturated carbocycles. The molecule has 8 fully saturated rings. The Labute approximate surface area is 618 Å². The Bertz CT molecular complexity index is 4610. The number of fused-ring (bicyclic) bond motifs is 16. The minimum absolute atomic E-state index is 0.0209. The molecule has 12 heterocycles. The molecule has 8 saturated heterocycles. The first-order chi connectivity index (χ1) is 50.0. The van der Waals surface area contributed by atoms with Gasteiger partial charge in [-0.05, 0) is 155 Å². The number of nitrogens with zero attached hydrogens (tertiary/aromatic N) is 6. The summed E-state index contributed by atoms with van der Waals surface area (Å²) in [5.41, 5.74) is -2.54. The fraction of sp³-hybridized carbons (Fsp3) is 0.457. The van der Waals surface area contributed by atoms with Gasteiger partial charge in [0, 0.05) is 48.4 Å². The number of anilines is 4. The van der Waals surface area contributed by atoms with Gasteiger partial charge in [-0.3, -0.25) is 80.9 Å². The average Bonchev–Trinajstić information content (AvgIpc) is 0.725. The Hall–Kier alpha value is -9.98. The fourth-order valence-corrected chi connectivity index (χ4v) is 18.9. The van der Waals surface area contributed by atoms with Crippen molar-refractivity contribution in [1.29, 1.82) is 0 Å². The first kappa shape index (κ1) is 74.3. The molecule has 0 unspecified atom stereocenters. The monoisotopic (exact) mass is 1590 g/mol. The van der Waals surface area contributed by atoms with E-state index >= 15 is 0 Å². The topological polar surface area (TPSA) is 360 Å². The van der Waals surface area contributed by atoms with Crippen LogP contribution in [-0.2, 0) is 83.0 Å². The number of urea groups is 4. The van der Waals surface area contributed by atoms with E-state index in [0.717, 1.165) is 6.07 Å². The Morgan fingerprint density at radius 3 is 1.03 bits per heavy atom. The van der Waals surface area contributed by atoms with Crippen LogP contribution < -0.4 is 62.1 Å². The van der Waals surface area contributed by atoms with Crippen LogP contribution in [0.3, 0.4) is 0 Å². The normalized spacial score (nSPS) is 29.2. The second-order valence-corrected chi connectivity index (χ2v) is 30.2. The number of hydrogen-bond acceptors (Lipinski definition) is 20. The van der Waals surface area contributed by atoms with Gasteiger partial charge in [-0.25, -0.2) is 46.4 Å². The SMILES string of the molecule is C[C@@H]1CN2c3c(F)cc(Br)cc3CC3(C(=O)NC(=O)NC3=O)[C@H]2[C@H](C)O1.C[C@@H]1CN2c3cc(F)c(Br)cc3CC3(C(=O)NC(=O)NC3=O)[C@H]2[C@H](C)O1.[C-]#[N+]c1cc(F)c2c(c1)CC1(C(=O)NC(=O)NC1=O)[C@H]1[C@H](C)O[C@H](C)CN21.[C-]#[N+]c1cc2c(cc1F)N1C[C@@H](C)O[C@@H](C)[C@@H]1C1(C2)C(=O)NC(=O)NC1=O. The maximum atomic E-state index is 14.9. The van der Waals surface area contributed by atoms with E-state index in [1.54, 1.807) is 54.5 Å². The molecule has 4 aromatic carbocycles. The minimum Gasteiger partial charge on any atom is -0.372 e. The third-order valence-corrected chi connectivity index (χ3v) is 22.7. The predicted octanol–water partition coefficient (Wildman–Crippen LogP) is 5.49. The van der Waals surface area contributed by atoms with E-state index in [0.29, 0.717) is 63.4 Å². The van der Waals surface area contributed by atoms with Crippen molar-refractivity contribution >= 4 is 137 Å². The number of rotatable bonds is 0. The van der Waals surface area contributed by atoms with Crippen LogP contribution in [0.1, 0.15) is 77.6 Å². The summed E-state index contributed by atoms with van der Waals surface area (Å²) < 4.78 is 82.4. The summed E-state index contributed by atoms with van der Waals surface area (Å²) in [6, 6.07) is 5.04. The van der Waals surface area contributed by atoms with Crippen molar-refractivity contribution in [2.75, 3.05) is 45.8 Å². The van der Waals surface area contributed by atoms with Gasteiger partial charge in [0.15, 0.2) is 27.3 Å². The summed E-state index contributed by atoms with van der Waals surface area (Å²) in [6.45, 7) is 30.1. The van der Waals surface area contributed by atoms with Crippen LogP contribution in [0.5, 0.6) is 0 Å². The van der Waals surface area contributed by atoms with E-state index in [9.17, 15) is 75.1 Å². The number of hydrogen-bond donors (Lipinski definition) is 8. The van der Waals surface area contributed by atoms with Crippen LogP contribution in [0.4, 0.5) is 70.9 Å². The van der Waals surface area contributed by atoms with Crippen LogP contribution in [0.25, 0.3) is 9.69 Å². The van der Waals surface area contributed by atoms with Gasteiger partial charge in [0.25, 0.3) is 0 Å². The van der Waals surface area contributed by atoms with Crippen molar-refractivity contribution in [3.63, 3.8) is 0 Å². The second-order valence-electron chi connectivity index (χ2n) is 28.4. The molecule has 16 amide bonds. The molecule has 0 radical (unpaired) electrons. The number of barbiturate groups is 4. The lowest BCUT2D eigenvalue weighted by Gasteiger charge is -2.55. The van der Waals surface area contributed by atoms with Crippen LogP contribution in [0.15, 0.2) is 57.5 Å². The zero-order valence-electron chi connectivity index (χ0n) is 57.7. The molecule has 30 nitrogen and oxygen atoms in total. The van der Waals surface area contributed by atoms with Gasteiger partial charge in [-0.1, -0.05) is 22.0 Å². The summed E-state index contributed by atoms with van der Waals surface area (Å²) in [4.78, 5) is 163. The van der Waals surface area contributed by atoms with Crippen LogP contribution in [0.2, 0.25) is 0 Å². The molecule has 0 bridgehead atoms. The number of ether oxygens (including phenoxy) is 4. The predicted molar refractivity (Wildman–Crippen MR) is 369 cm³/mol. The molecule has 12 atom stereocenters. The van der Waals surface area contributed by atoms with Crippen LogP contribution in [0, 0.1) is 58.1 Å². The number of nitrogens with one attached hydrogen (secondary N) is 8. The summed E-state index contributed by atoms with van der Waals surface area (Å²) >= 11 is 6.43. The van der Waals surface area contributed by atoms with Crippen molar-refractivity contribution in [1.82, 2.24) is 42.5 Å². The van der Waals surface area contributed by atoms with Crippen LogP contribution in [-0.4, -0.2) is 171 Å².